The van der Waals surface area contributed by atoms with E-state index in [0.29, 0.717) is 12.1 Å². The lowest BCUT2D eigenvalue weighted by Gasteiger charge is -2.08. The van der Waals surface area contributed by atoms with Crippen LogP contribution in [-0.2, 0) is 6.54 Å². The average molecular weight is 296 g/mol. The third kappa shape index (κ3) is 2.85. The zero-order valence-electron chi connectivity index (χ0n) is 8.84. The van der Waals surface area contributed by atoms with E-state index in [9.17, 15) is 10.1 Å². The molecular formula is C11H10BrN3O2. The molecule has 1 heterocycles. The van der Waals surface area contributed by atoms with Crippen LogP contribution in [0.1, 0.15) is 5.56 Å². The SMILES string of the molecule is O=[N+]([O-])c1ccc(Br)cc1CNn1cccc1. The number of halogens is 1. The zero-order valence-corrected chi connectivity index (χ0v) is 10.4. The van der Waals surface area contributed by atoms with Gasteiger partial charge in [-0.15, -0.1) is 0 Å². The van der Waals surface area contributed by atoms with E-state index in [4.69, 9.17) is 0 Å². The minimum absolute atomic E-state index is 0.118. The van der Waals surface area contributed by atoms with Crippen LogP contribution in [0.3, 0.4) is 0 Å². The standard InChI is InChI=1S/C11H10BrN3O2/c12-10-3-4-11(15(16)17)9(7-10)8-13-14-5-1-2-6-14/h1-7,13H,8H2. The predicted octanol–water partition coefficient (Wildman–Crippen LogP) is 2.90. The summed E-state index contributed by atoms with van der Waals surface area (Å²) in [5.74, 6) is 0. The molecule has 0 aliphatic heterocycles. The van der Waals surface area contributed by atoms with Crippen molar-refractivity contribution in [3.8, 4) is 0 Å². The summed E-state index contributed by atoms with van der Waals surface area (Å²) in [6.45, 7) is 0.393. The molecule has 0 atom stereocenters. The van der Waals surface area contributed by atoms with Crippen molar-refractivity contribution in [2.75, 3.05) is 5.43 Å². The van der Waals surface area contributed by atoms with Crippen molar-refractivity contribution in [1.82, 2.24) is 4.68 Å². The molecular weight excluding hydrogens is 286 g/mol. The molecule has 0 fully saturated rings. The topological polar surface area (TPSA) is 60.1 Å². The highest BCUT2D eigenvalue weighted by molar-refractivity contribution is 9.10. The fourth-order valence-electron chi connectivity index (χ4n) is 1.49. The lowest BCUT2D eigenvalue weighted by molar-refractivity contribution is -0.385. The summed E-state index contributed by atoms with van der Waals surface area (Å²) in [5.41, 5.74) is 3.81. The Morgan fingerprint density at radius 1 is 1.35 bits per heavy atom. The number of rotatable bonds is 4. The first-order chi connectivity index (χ1) is 8.16. The van der Waals surface area contributed by atoms with Crippen LogP contribution in [0.5, 0.6) is 0 Å². The van der Waals surface area contributed by atoms with Gasteiger partial charge in [-0.25, -0.2) is 0 Å². The Balaban J connectivity index is 2.19. The van der Waals surface area contributed by atoms with E-state index in [2.05, 4.69) is 21.4 Å². The first-order valence-corrected chi connectivity index (χ1v) is 5.76. The van der Waals surface area contributed by atoms with Crippen molar-refractivity contribution < 1.29 is 4.92 Å². The van der Waals surface area contributed by atoms with Crippen molar-refractivity contribution in [3.63, 3.8) is 0 Å². The second-order valence-corrected chi connectivity index (χ2v) is 4.37. The Kier molecular flexibility index (Phi) is 3.43. The first-order valence-electron chi connectivity index (χ1n) is 4.96. The van der Waals surface area contributed by atoms with Crippen LogP contribution in [0, 0.1) is 10.1 Å². The van der Waals surface area contributed by atoms with Gasteiger partial charge in [-0.1, -0.05) is 15.9 Å². The van der Waals surface area contributed by atoms with Gasteiger partial charge < -0.3 is 5.43 Å². The van der Waals surface area contributed by atoms with E-state index in [1.54, 1.807) is 16.8 Å². The largest absolute Gasteiger partial charge is 0.322 e. The maximum atomic E-state index is 10.9. The molecule has 5 nitrogen and oxygen atoms in total. The van der Waals surface area contributed by atoms with Crippen LogP contribution >= 0.6 is 15.9 Å². The molecule has 0 saturated carbocycles. The molecule has 2 rings (SSSR count). The quantitative estimate of drug-likeness (QED) is 0.697. The minimum atomic E-state index is -0.376. The molecule has 0 aliphatic rings. The molecule has 0 amide bonds. The molecule has 88 valence electrons. The summed E-state index contributed by atoms with van der Waals surface area (Å²) < 4.78 is 2.58. The first kappa shape index (κ1) is 11.7. The van der Waals surface area contributed by atoms with Gasteiger partial charge in [-0.3, -0.25) is 14.8 Å². The molecule has 0 aliphatic carbocycles. The van der Waals surface area contributed by atoms with Gasteiger partial charge in [0.05, 0.1) is 17.0 Å². The second-order valence-electron chi connectivity index (χ2n) is 3.46. The summed E-state index contributed by atoms with van der Waals surface area (Å²) in [7, 11) is 0. The highest BCUT2D eigenvalue weighted by Gasteiger charge is 2.13. The van der Waals surface area contributed by atoms with Crippen LogP contribution in [0.15, 0.2) is 47.2 Å². The molecule has 1 N–H and O–H groups in total. The monoisotopic (exact) mass is 295 g/mol. The lowest BCUT2D eigenvalue weighted by atomic mass is 10.2. The smallest absolute Gasteiger partial charge is 0.274 e. The normalized spacial score (nSPS) is 10.2. The van der Waals surface area contributed by atoms with Crippen molar-refractivity contribution in [1.29, 1.82) is 0 Å². The highest BCUT2D eigenvalue weighted by atomic mass is 79.9. The average Bonchev–Trinajstić information content (AvgIpc) is 2.78. The molecule has 0 radical (unpaired) electrons. The van der Waals surface area contributed by atoms with Crippen LogP contribution in [0.2, 0.25) is 0 Å². The Labute approximate surface area is 106 Å². The van der Waals surface area contributed by atoms with Crippen molar-refractivity contribution >= 4 is 21.6 Å². The number of nitro groups is 1. The number of hydrogen-bond acceptors (Lipinski definition) is 3. The third-order valence-electron chi connectivity index (χ3n) is 2.29. The summed E-state index contributed by atoms with van der Waals surface area (Å²) in [5, 5.41) is 10.9. The van der Waals surface area contributed by atoms with E-state index in [0.717, 1.165) is 4.47 Å². The van der Waals surface area contributed by atoms with Gasteiger partial charge in [0.25, 0.3) is 5.69 Å². The maximum absolute atomic E-state index is 10.9. The molecule has 1 aromatic heterocycles. The minimum Gasteiger partial charge on any atom is -0.322 e. The maximum Gasteiger partial charge on any atom is 0.274 e. The Bertz CT molecular complexity index is 526. The summed E-state index contributed by atoms with van der Waals surface area (Å²) in [6, 6.07) is 8.66. The fraction of sp³-hybridized carbons (Fsp3) is 0.0909. The Hall–Kier alpha value is -1.82. The van der Waals surface area contributed by atoms with Crippen molar-refractivity contribution in [3.05, 3.63) is 62.9 Å². The molecule has 17 heavy (non-hydrogen) atoms. The zero-order chi connectivity index (χ0) is 12.3. The van der Waals surface area contributed by atoms with Crippen LogP contribution in [-0.4, -0.2) is 9.60 Å². The predicted molar refractivity (Wildman–Crippen MR) is 68.3 cm³/mol. The Morgan fingerprint density at radius 3 is 2.71 bits per heavy atom. The van der Waals surface area contributed by atoms with Gasteiger partial charge in [0, 0.05) is 22.9 Å². The van der Waals surface area contributed by atoms with E-state index < -0.39 is 0 Å². The highest BCUT2D eigenvalue weighted by Crippen LogP contribution is 2.22. The van der Waals surface area contributed by atoms with Gasteiger partial charge in [-0.05, 0) is 24.3 Å². The van der Waals surface area contributed by atoms with Crippen LogP contribution in [0.25, 0.3) is 0 Å². The molecule has 0 saturated heterocycles. The van der Waals surface area contributed by atoms with E-state index in [1.807, 2.05) is 24.5 Å². The van der Waals surface area contributed by atoms with Crippen molar-refractivity contribution in [2.45, 2.75) is 6.54 Å². The van der Waals surface area contributed by atoms with E-state index in [1.165, 1.54) is 6.07 Å². The molecule has 6 heteroatoms. The summed E-state index contributed by atoms with van der Waals surface area (Å²) in [4.78, 5) is 10.5. The molecule has 2 aromatic rings. The number of benzene rings is 1. The third-order valence-corrected chi connectivity index (χ3v) is 2.79. The molecule has 0 spiro atoms. The second kappa shape index (κ2) is 5.01. The molecule has 0 unspecified atom stereocenters. The van der Waals surface area contributed by atoms with E-state index >= 15 is 0 Å². The number of nitro benzene ring substituents is 1. The van der Waals surface area contributed by atoms with Gasteiger partial charge in [-0.2, -0.15) is 0 Å². The lowest BCUT2D eigenvalue weighted by Crippen LogP contribution is -2.12. The number of nitrogens with zero attached hydrogens (tertiary/aromatic N) is 2. The van der Waals surface area contributed by atoms with Gasteiger partial charge in [0.15, 0.2) is 0 Å². The van der Waals surface area contributed by atoms with Gasteiger partial charge >= 0.3 is 0 Å². The van der Waals surface area contributed by atoms with E-state index in [-0.39, 0.29) is 10.6 Å². The Morgan fingerprint density at radius 2 is 2.06 bits per heavy atom. The van der Waals surface area contributed by atoms with Crippen molar-refractivity contribution in [2.24, 2.45) is 0 Å². The molecule has 1 aromatic carbocycles. The van der Waals surface area contributed by atoms with Gasteiger partial charge in [0.1, 0.15) is 0 Å². The number of nitrogens with one attached hydrogen (secondary N) is 1. The molecule has 0 bridgehead atoms. The summed E-state index contributed by atoms with van der Waals surface area (Å²) >= 11 is 3.31. The number of aromatic nitrogens is 1. The van der Waals surface area contributed by atoms with Crippen LogP contribution < -0.4 is 5.43 Å². The number of hydrogen-bond donors (Lipinski definition) is 1. The van der Waals surface area contributed by atoms with Crippen LogP contribution in [0.4, 0.5) is 5.69 Å². The summed E-state index contributed by atoms with van der Waals surface area (Å²) in [6.07, 6.45) is 3.67. The van der Waals surface area contributed by atoms with Gasteiger partial charge in [0.2, 0.25) is 0 Å². The fourth-order valence-corrected chi connectivity index (χ4v) is 1.90.